The molecule has 1 aliphatic heterocycles. The minimum absolute atomic E-state index is 0.0117. The van der Waals surface area contributed by atoms with Gasteiger partial charge in [-0.2, -0.15) is 0 Å². The third kappa shape index (κ3) is 18.9. The summed E-state index contributed by atoms with van der Waals surface area (Å²) in [5.41, 5.74) is 21.9. The number of nitrogens with one attached hydrogen (secondary N) is 6. The van der Waals surface area contributed by atoms with E-state index in [9.17, 15) is 63.6 Å². The number of hydrogen-bond acceptors (Lipinski definition) is 14. The molecule has 1 fully saturated rings. The van der Waals surface area contributed by atoms with Crippen LogP contribution in [0.1, 0.15) is 85.5 Å². The fourth-order valence-electron chi connectivity index (χ4n) is 6.32. The van der Waals surface area contributed by atoms with Gasteiger partial charge in [-0.1, -0.05) is 13.8 Å². The number of nitrogens with zero attached hydrogens (tertiary/aromatic N) is 2. The molecule has 0 saturated carbocycles. The summed E-state index contributed by atoms with van der Waals surface area (Å²) >= 11 is 0. The number of amides is 7. The van der Waals surface area contributed by atoms with Crippen molar-refractivity contribution >= 4 is 59.2 Å². The Kier molecular flexibility index (Phi) is 24.0. The number of carbonyl (C=O) groups is 9. The molecule has 7 amide bonds. The van der Waals surface area contributed by atoms with Crippen LogP contribution in [0.4, 0.5) is 0 Å². The van der Waals surface area contributed by atoms with Gasteiger partial charge in [0.25, 0.3) is 0 Å². The molecule has 1 heterocycles. The zero-order valence-electron chi connectivity index (χ0n) is 35.6. The van der Waals surface area contributed by atoms with E-state index in [-0.39, 0.29) is 50.7 Å². The number of carboxylic acids is 2. The lowest BCUT2D eigenvalue weighted by atomic mass is 10.0. The number of unbranched alkanes of at least 4 members (excludes halogenated alkanes) is 1. The van der Waals surface area contributed by atoms with Gasteiger partial charge in [-0.3, -0.25) is 43.3 Å². The topological polar surface area (TPSA) is 426 Å². The van der Waals surface area contributed by atoms with Crippen molar-refractivity contribution in [3.63, 3.8) is 0 Å². The van der Waals surface area contributed by atoms with E-state index >= 15 is 0 Å². The first-order chi connectivity index (χ1) is 29.0. The molecule has 25 nitrogen and oxygen atoms in total. The number of guanidine groups is 1. The van der Waals surface area contributed by atoms with Gasteiger partial charge in [0, 0.05) is 13.1 Å². The van der Waals surface area contributed by atoms with Crippen LogP contribution in [0.3, 0.4) is 0 Å². The maximum Gasteiger partial charge on any atom is 0.326 e. The number of aliphatic hydroxyl groups excluding tert-OH is 2. The summed E-state index contributed by atoms with van der Waals surface area (Å²) in [6.45, 7) is 5.43. The van der Waals surface area contributed by atoms with Crippen LogP contribution in [0, 0.1) is 5.92 Å². The van der Waals surface area contributed by atoms with Crippen molar-refractivity contribution in [1.82, 2.24) is 36.8 Å². The van der Waals surface area contributed by atoms with Gasteiger partial charge in [0.05, 0.1) is 25.2 Å². The molecule has 9 atom stereocenters. The molecule has 1 rings (SSSR count). The van der Waals surface area contributed by atoms with E-state index in [1.54, 1.807) is 13.8 Å². The Morgan fingerprint density at radius 1 is 0.742 bits per heavy atom. The number of aliphatic carboxylic acids is 2. The maximum absolute atomic E-state index is 13.6. The van der Waals surface area contributed by atoms with Gasteiger partial charge >= 0.3 is 11.9 Å². The molecule has 18 N–H and O–H groups in total. The normalized spacial score (nSPS) is 17.4. The smallest absolute Gasteiger partial charge is 0.326 e. The highest BCUT2D eigenvalue weighted by Gasteiger charge is 2.40. The average molecular weight is 887 g/mol. The van der Waals surface area contributed by atoms with Gasteiger partial charge in [0.1, 0.15) is 42.3 Å². The van der Waals surface area contributed by atoms with Crippen LogP contribution in [0.25, 0.3) is 0 Å². The van der Waals surface area contributed by atoms with Gasteiger partial charge in [-0.05, 0) is 77.7 Å². The molecule has 0 aromatic heterocycles. The number of likely N-dealkylation sites (tertiary alicyclic amines) is 1. The van der Waals surface area contributed by atoms with Gasteiger partial charge < -0.3 is 80.2 Å². The lowest BCUT2D eigenvalue weighted by Gasteiger charge is -2.29. The zero-order chi connectivity index (χ0) is 47.3. The lowest BCUT2D eigenvalue weighted by Crippen LogP contribution is -2.61. The highest BCUT2D eigenvalue weighted by Crippen LogP contribution is 2.20. The number of hydrogen-bond donors (Lipinski definition) is 14. The van der Waals surface area contributed by atoms with Gasteiger partial charge in [0.15, 0.2) is 5.96 Å². The fraction of sp³-hybridized carbons (Fsp3) is 0.730. The molecule has 0 aromatic rings. The predicted molar refractivity (Wildman–Crippen MR) is 221 cm³/mol. The first-order valence-electron chi connectivity index (χ1n) is 20.4. The Morgan fingerprint density at radius 3 is 1.89 bits per heavy atom. The van der Waals surface area contributed by atoms with E-state index in [1.807, 2.05) is 0 Å². The molecule has 0 bridgehead atoms. The van der Waals surface area contributed by atoms with Crippen LogP contribution in [0.15, 0.2) is 4.99 Å². The molecule has 1 aliphatic rings. The van der Waals surface area contributed by atoms with Crippen LogP contribution in [-0.4, -0.2) is 165 Å². The van der Waals surface area contributed by atoms with Crippen molar-refractivity contribution in [2.24, 2.45) is 33.8 Å². The summed E-state index contributed by atoms with van der Waals surface area (Å²) in [4.78, 5) is 121. The predicted octanol–water partition coefficient (Wildman–Crippen LogP) is -5.61. The summed E-state index contributed by atoms with van der Waals surface area (Å²) in [5.74, 6) is -9.55. The molecular formula is C37H66N12O13. The molecule has 352 valence electrons. The van der Waals surface area contributed by atoms with Crippen molar-refractivity contribution in [1.29, 1.82) is 0 Å². The van der Waals surface area contributed by atoms with Crippen molar-refractivity contribution in [3.8, 4) is 0 Å². The molecular weight excluding hydrogens is 820 g/mol. The Balaban J connectivity index is 3.02. The van der Waals surface area contributed by atoms with E-state index in [1.165, 1.54) is 13.8 Å². The van der Waals surface area contributed by atoms with E-state index in [4.69, 9.17) is 22.9 Å². The summed E-state index contributed by atoms with van der Waals surface area (Å²) in [7, 11) is 0. The minimum atomic E-state index is -1.66. The first-order valence-corrected chi connectivity index (χ1v) is 20.4. The largest absolute Gasteiger partial charge is 0.481 e. The average Bonchev–Trinajstić information content (AvgIpc) is 3.68. The number of carboxylic acid groups (broad SMARTS) is 2. The third-order valence-corrected chi connectivity index (χ3v) is 9.67. The van der Waals surface area contributed by atoms with E-state index in [2.05, 4.69) is 36.9 Å². The summed E-state index contributed by atoms with van der Waals surface area (Å²) in [6.07, 6.45) is -0.544. The molecule has 0 aliphatic carbocycles. The van der Waals surface area contributed by atoms with Crippen molar-refractivity contribution < 1.29 is 63.6 Å². The van der Waals surface area contributed by atoms with Crippen molar-refractivity contribution in [2.75, 3.05) is 26.2 Å². The second kappa shape index (κ2) is 27.3. The Morgan fingerprint density at radius 2 is 1.34 bits per heavy atom. The molecule has 1 saturated heterocycles. The molecule has 0 aromatic carbocycles. The fourth-order valence-corrected chi connectivity index (χ4v) is 6.32. The first kappa shape index (κ1) is 54.4. The van der Waals surface area contributed by atoms with E-state index in [0.717, 1.165) is 4.90 Å². The van der Waals surface area contributed by atoms with Crippen molar-refractivity contribution in [2.45, 2.75) is 140 Å². The molecule has 0 unspecified atom stereocenters. The Labute approximate surface area is 359 Å². The molecule has 25 heteroatoms. The second-order valence-electron chi connectivity index (χ2n) is 15.5. The lowest BCUT2D eigenvalue weighted by molar-refractivity contribution is -0.146. The number of nitrogens with two attached hydrogens (primary N) is 4. The van der Waals surface area contributed by atoms with Crippen LogP contribution < -0.4 is 54.8 Å². The van der Waals surface area contributed by atoms with E-state index < -0.39 is 121 Å². The van der Waals surface area contributed by atoms with Crippen LogP contribution in [0.2, 0.25) is 0 Å². The highest BCUT2D eigenvalue weighted by molar-refractivity contribution is 5.98. The van der Waals surface area contributed by atoms with Gasteiger partial charge in [-0.15, -0.1) is 0 Å². The summed E-state index contributed by atoms with van der Waals surface area (Å²) in [5, 5.41) is 53.5. The standard InChI is InChI=1S/C37H66N12O13/c1-18(2)15-23(31(56)48-28(20(4)51)34(59)44-22(36(61)62)10-5-6-12-38)45-32(57)25(17-50)47-29(54)19(3)43-33(58)26-11-8-14-49(26)35(60)24(16-27(52)53)46-30(55)21(39)9-7-13-42-37(40)41/h18-26,28,50-51H,5-17,38-39H2,1-4H3,(H,43,58)(H,44,59)(H,45,57)(H,46,55)(H,47,54)(H,48,56)(H,52,53)(H,61,62)(H4,40,41,42)/t19-,20+,21-,22-,23-,24-,25-,26-,28-/m0/s1. The summed E-state index contributed by atoms with van der Waals surface area (Å²) < 4.78 is 0. The monoisotopic (exact) mass is 886 g/mol. The van der Waals surface area contributed by atoms with E-state index in [0.29, 0.717) is 32.2 Å². The number of rotatable bonds is 28. The van der Waals surface area contributed by atoms with Crippen LogP contribution in [0.5, 0.6) is 0 Å². The second-order valence-corrected chi connectivity index (χ2v) is 15.5. The van der Waals surface area contributed by atoms with Crippen molar-refractivity contribution in [3.05, 3.63) is 0 Å². The Hall–Kier alpha value is -5.66. The van der Waals surface area contributed by atoms with Crippen LogP contribution >= 0.6 is 0 Å². The molecule has 0 radical (unpaired) electrons. The maximum atomic E-state index is 13.6. The number of aliphatic imine (C=N–C) groups is 1. The van der Waals surface area contributed by atoms with Gasteiger partial charge in [0.2, 0.25) is 41.4 Å². The number of aliphatic hydroxyl groups is 2. The number of carbonyl (C=O) groups excluding carboxylic acids is 7. The minimum Gasteiger partial charge on any atom is -0.481 e. The van der Waals surface area contributed by atoms with Gasteiger partial charge in [-0.25, -0.2) is 4.79 Å². The summed E-state index contributed by atoms with van der Waals surface area (Å²) in [6, 6.07) is -11.2. The molecule has 62 heavy (non-hydrogen) atoms. The van der Waals surface area contributed by atoms with Crippen LogP contribution in [-0.2, 0) is 43.2 Å². The highest BCUT2D eigenvalue weighted by atomic mass is 16.4. The zero-order valence-corrected chi connectivity index (χ0v) is 35.6. The quantitative estimate of drug-likeness (QED) is 0.0198. The molecule has 0 spiro atoms. The Bertz CT molecular complexity index is 1590. The third-order valence-electron chi connectivity index (χ3n) is 9.67. The SMILES string of the molecule is CC(C)C[C@H](NC(=O)[C@H](CO)NC(=O)[C@H](C)NC(=O)[C@@H]1CCCN1C(=O)[C@H](CC(=O)O)NC(=O)[C@@H](N)CCCN=C(N)N)C(=O)N[C@H](C(=O)N[C@@H](CCCCN)C(=O)O)[C@@H](C)O.